The molecule has 4 atom stereocenters. The van der Waals surface area contributed by atoms with Gasteiger partial charge in [0, 0.05) is 0 Å². The lowest BCUT2D eigenvalue weighted by atomic mass is 9.81. The number of hydrogen-bond acceptors (Lipinski definition) is 3. The predicted molar refractivity (Wildman–Crippen MR) is 73.7 cm³/mol. The molecule has 5 heteroatoms. The molecule has 108 valence electrons. The summed E-state index contributed by atoms with van der Waals surface area (Å²) >= 11 is 0. The zero-order chi connectivity index (χ0) is 14.7. The SMILES string of the molecule is O=C(O)c1cccc(N2C(=O)[C@@H]3[C@@H]4CC[C@@H](C4)[C@@H]3C2=O)c1. The van der Waals surface area contributed by atoms with Crippen molar-refractivity contribution in [1.82, 2.24) is 0 Å². The molecular formula is C16H15NO4. The summed E-state index contributed by atoms with van der Waals surface area (Å²) in [4.78, 5) is 37.5. The lowest BCUT2D eigenvalue weighted by Crippen LogP contribution is -2.32. The van der Waals surface area contributed by atoms with Gasteiger partial charge in [0.25, 0.3) is 0 Å². The summed E-state index contributed by atoms with van der Waals surface area (Å²) in [6, 6.07) is 6.07. The van der Waals surface area contributed by atoms with E-state index in [-0.39, 0.29) is 29.2 Å². The molecule has 0 aromatic heterocycles. The van der Waals surface area contributed by atoms with E-state index in [4.69, 9.17) is 5.11 Å². The number of benzene rings is 1. The van der Waals surface area contributed by atoms with Gasteiger partial charge in [-0.2, -0.15) is 0 Å². The van der Waals surface area contributed by atoms with Gasteiger partial charge < -0.3 is 5.11 Å². The third-order valence-electron chi connectivity index (χ3n) is 5.28. The Bertz CT molecular complexity index is 640. The van der Waals surface area contributed by atoms with Crippen molar-refractivity contribution in [3.8, 4) is 0 Å². The quantitative estimate of drug-likeness (QED) is 0.842. The molecule has 1 N–H and O–H groups in total. The highest BCUT2D eigenvalue weighted by Gasteiger charge is 2.61. The van der Waals surface area contributed by atoms with Crippen molar-refractivity contribution in [2.75, 3.05) is 4.90 Å². The first-order chi connectivity index (χ1) is 10.1. The van der Waals surface area contributed by atoms with Crippen LogP contribution >= 0.6 is 0 Å². The molecule has 3 aliphatic rings. The van der Waals surface area contributed by atoms with Crippen molar-refractivity contribution in [2.45, 2.75) is 19.3 Å². The number of nitrogens with zero attached hydrogens (tertiary/aromatic N) is 1. The number of amides is 2. The minimum atomic E-state index is -1.06. The Kier molecular flexibility index (Phi) is 2.49. The summed E-state index contributed by atoms with van der Waals surface area (Å²) in [5.74, 6) is -1.02. The fourth-order valence-corrected chi connectivity index (χ4v) is 4.44. The fraction of sp³-hybridized carbons (Fsp3) is 0.438. The molecule has 3 fully saturated rings. The van der Waals surface area contributed by atoms with Crippen molar-refractivity contribution < 1.29 is 19.5 Å². The van der Waals surface area contributed by atoms with Gasteiger partial charge >= 0.3 is 5.97 Å². The summed E-state index contributed by atoms with van der Waals surface area (Å²) in [6.45, 7) is 0. The van der Waals surface area contributed by atoms with Gasteiger partial charge in [0.15, 0.2) is 0 Å². The zero-order valence-corrected chi connectivity index (χ0v) is 11.4. The van der Waals surface area contributed by atoms with Gasteiger partial charge in [-0.05, 0) is 49.3 Å². The van der Waals surface area contributed by atoms with E-state index in [1.165, 1.54) is 17.0 Å². The van der Waals surface area contributed by atoms with Crippen LogP contribution in [0.25, 0.3) is 0 Å². The Morgan fingerprint density at radius 1 is 1.10 bits per heavy atom. The average Bonchev–Trinajstić information content (AvgIpc) is 3.13. The molecule has 21 heavy (non-hydrogen) atoms. The van der Waals surface area contributed by atoms with Crippen molar-refractivity contribution in [3.63, 3.8) is 0 Å². The zero-order valence-electron chi connectivity index (χ0n) is 11.4. The van der Waals surface area contributed by atoms with E-state index in [0.717, 1.165) is 19.3 Å². The summed E-state index contributed by atoms with van der Waals surface area (Å²) in [7, 11) is 0. The van der Waals surface area contributed by atoms with Crippen LogP contribution in [0.2, 0.25) is 0 Å². The maximum atomic E-state index is 12.6. The second-order valence-electron chi connectivity index (χ2n) is 6.25. The highest BCUT2D eigenvalue weighted by molar-refractivity contribution is 6.22. The number of imide groups is 1. The number of aromatic carboxylic acids is 1. The van der Waals surface area contributed by atoms with E-state index in [0.29, 0.717) is 17.5 Å². The molecule has 0 unspecified atom stereocenters. The largest absolute Gasteiger partial charge is 0.478 e. The molecule has 1 saturated heterocycles. The Morgan fingerprint density at radius 2 is 1.71 bits per heavy atom. The number of carbonyl (C=O) groups is 3. The lowest BCUT2D eigenvalue weighted by molar-refractivity contribution is -0.123. The number of hydrogen-bond donors (Lipinski definition) is 1. The Hall–Kier alpha value is -2.17. The molecule has 0 spiro atoms. The number of carbonyl (C=O) groups excluding carboxylic acids is 2. The van der Waals surface area contributed by atoms with E-state index in [9.17, 15) is 14.4 Å². The van der Waals surface area contributed by atoms with Crippen LogP contribution in [-0.4, -0.2) is 22.9 Å². The molecule has 1 aromatic carbocycles. The third kappa shape index (κ3) is 1.60. The van der Waals surface area contributed by atoms with Gasteiger partial charge in [-0.1, -0.05) is 6.07 Å². The maximum Gasteiger partial charge on any atom is 0.335 e. The van der Waals surface area contributed by atoms with Crippen LogP contribution in [0.5, 0.6) is 0 Å². The molecule has 4 rings (SSSR count). The lowest BCUT2D eigenvalue weighted by Gasteiger charge is -2.19. The second-order valence-corrected chi connectivity index (χ2v) is 6.25. The molecule has 2 aliphatic carbocycles. The summed E-state index contributed by atoms with van der Waals surface area (Å²) in [6.07, 6.45) is 3.07. The fourth-order valence-electron chi connectivity index (χ4n) is 4.44. The first-order valence-electron chi connectivity index (χ1n) is 7.29. The average molecular weight is 285 g/mol. The monoisotopic (exact) mass is 285 g/mol. The molecule has 0 radical (unpaired) electrons. The smallest absolute Gasteiger partial charge is 0.335 e. The maximum absolute atomic E-state index is 12.6. The van der Waals surface area contributed by atoms with Gasteiger partial charge in [0.1, 0.15) is 0 Å². The van der Waals surface area contributed by atoms with Crippen LogP contribution in [0, 0.1) is 23.7 Å². The standard InChI is InChI=1S/C16H15NO4/c18-14-12-8-4-5-9(6-8)13(12)15(19)17(14)11-3-1-2-10(7-11)16(20)21/h1-3,7-9,12-13H,4-6H2,(H,20,21)/t8-,9+,12-,13+. The van der Waals surface area contributed by atoms with Crippen LogP contribution in [-0.2, 0) is 9.59 Å². The molecule has 1 heterocycles. The Morgan fingerprint density at radius 3 is 2.29 bits per heavy atom. The van der Waals surface area contributed by atoms with E-state index >= 15 is 0 Å². The molecular weight excluding hydrogens is 270 g/mol. The summed E-state index contributed by atoms with van der Waals surface area (Å²) in [5, 5.41) is 9.05. The second kappa shape index (κ2) is 4.16. The summed E-state index contributed by atoms with van der Waals surface area (Å²) < 4.78 is 0. The van der Waals surface area contributed by atoms with Crippen LogP contribution in [0.3, 0.4) is 0 Å². The third-order valence-corrected chi connectivity index (χ3v) is 5.28. The van der Waals surface area contributed by atoms with E-state index in [2.05, 4.69) is 0 Å². The van der Waals surface area contributed by atoms with Gasteiger partial charge in [0.2, 0.25) is 11.8 Å². The van der Waals surface area contributed by atoms with E-state index < -0.39 is 5.97 Å². The van der Waals surface area contributed by atoms with Crippen molar-refractivity contribution >= 4 is 23.5 Å². The molecule has 1 aromatic rings. The normalized spacial score (nSPS) is 33.6. The number of carboxylic acids is 1. The van der Waals surface area contributed by atoms with E-state index in [1.807, 2.05) is 0 Å². The molecule has 2 bridgehead atoms. The van der Waals surface area contributed by atoms with E-state index in [1.54, 1.807) is 12.1 Å². The van der Waals surface area contributed by atoms with Gasteiger partial charge in [-0.15, -0.1) is 0 Å². The van der Waals surface area contributed by atoms with Crippen molar-refractivity contribution in [1.29, 1.82) is 0 Å². The molecule has 1 aliphatic heterocycles. The minimum Gasteiger partial charge on any atom is -0.478 e. The number of carboxylic acid groups (broad SMARTS) is 1. The highest BCUT2D eigenvalue weighted by atomic mass is 16.4. The number of fused-ring (bicyclic) bond motifs is 5. The van der Waals surface area contributed by atoms with Crippen LogP contribution in [0.15, 0.2) is 24.3 Å². The predicted octanol–water partition coefficient (Wildman–Crippen LogP) is 1.92. The van der Waals surface area contributed by atoms with Crippen LogP contribution in [0.1, 0.15) is 29.6 Å². The highest BCUT2D eigenvalue weighted by Crippen LogP contribution is 2.56. The molecule has 2 saturated carbocycles. The van der Waals surface area contributed by atoms with Crippen molar-refractivity contribution in [3.05, 3.63) is 29.8 Å². The number of rotatable bonds is 2. The van der Waals surface area contributed by atoms with Gasteiger partial charge in [-0.3, -0.25) is 14.5 Å². The van der Waals surface area contributed by atoms with Crippen LogP contribution < -0.4 is 4.90 Å². The first-order valence-corrected chi connectivity index (χ1v) is 7.29. The first kappa shape index (κ1) is 12.6. The Balaban J connectivity index is 1.73. The van der Waals surface area contributed by atoms with Crippen molar-refractivity contribution in [2.24, 2.45) is 23.7 Å². The molecule has 2 amide bonds. The Labute approximate surface area is 121 Å². The topological polar surface area (TPSA) is 74.7 Å². The van der Waals surface area contributed by atoms with Gasteiger partial charge in [0.05, 0.1) is 23.1 Å². The molecule has 5 nitrogen and oxygen atoms in total. The summed E-state index contributed by atoms with van der Waals surface area (Å²) in [5.41, 5.74) is 0.479. The number of anilines is 1. The van der Waals surface area contributed by atoms with Crippen LogP contribution in [0.4, 0.5) is 5.69 Å². The van der Waals surface area contributed by atoms with Gasteiger partial charge in [-0.25, -0.2) is 4.79 Å². The minimum absolute atomic E-state index is 0.0909.